The van der Waals surface area contributed by atoms with Crippen LogP contribution in [0, 0.1) is 0 Å². The van der Waals surface area contributed by atoms with Crippen LogP contribution in [-0.4, -0.2) is 29.8 Å². The summed E-state index contributed by atoms with van der Waals surface area (Å²) < 4.78 is 0. The number of carbonyl (C=O) groups is 1. The van der Waals surface area contributed by atoms with E-state index in [2.05, 4.69) is 11.8 Å². The van der Waals surface area contributed by atoms with Gasteiger partial charge in [0, 0.05) is 6.04 Å². The minimum atomic E-state index is 0. The first-order chi connectivity index (χ1) is 5.20. The number of hydrogen-bond donors (Lipinski definition) is 0. The largest absolute Gasteiger partial charge is 0.299 e. The van der Waals surface area contributed by atoms with Crippen LogP contribution >= 0.6 is 17.0 Å². The summed E-state index contributed by atoms with van der Waals surface area (Å²) in [6.07, 6.45) is 3.85. The molecule has 1 rings (SSSR count). The van der Waals surface area contributed by atoms with E-state index < -0.39 is 0 Å². The summed E-state index contributed by atoms with van der Waals surface area (Å²) in [5, 5.41) is 0. The Labute approximate surface area is 85.1 Å². The molecule has 0 bridgehead atoms. The Hall–Kier alpha value is 0.110. The third-order valence-corrected chi connectivity index (χ3v) is 2.37. The van der Waals surface area contributed by atoms with Crippen LogP contribution in [0.1, 0.15) is 33.1 Å². The van der Waals surface area contributed by atoms with Gasteiger partial charge >= 0.3 is 0 Å². The van der Waals surface area contributed by atoms with Crippen LogP contribution < -0.4 is 0 Å². The fourth-order valence-electron chi connectivity index (χ4n) is 1.68. The first-order valence-corrected chi connectivity index (χ1v) is 4.43. The molecule has 3 heteroatoms. The van der Waals surface area contributed by atoms with Crippen molar-refractivity contribution in [2.45, 2.75) is 39.2 Å². The lowest BCUT2D eigenvalue weighted by atomic mass is 10.0. The van der Waals surface area contributed by atoms with E-state index in [1.54, 1.807) is 6.92 Å². The van der Waals surface area contributed by atoms with Crippen molar-refractivity contribution in [3.05, 3.63) is 0 Å². The predicted octanol–water partition coefficient (Wildman–Crippen LogP) is 2.03. The van der Waals surface area contributed by atoms with Crippen LogP contribution in [-0.2, 0) is 4.79 Å². The summed E-state index contributed by atoms with van der Waals surface area (Å²) in [6.45, 7) is 5.64. The normalized spacial score (nSPS) is 24.7. The van der Waals surface area contributed by atoms with E-state index in [0.717, 1.165) is 6.54 Å². The molecule has 1 unspecified atom stereocenters. The monoisotopic (exact) mass is 235 g/mol. The predicted molar refractivity (Wildman–Crippen MR) is 55.9 cm³/mol. The Bertz CT molecular complexity index is 149. The maximum atomic E-state index is 10.8. The molecule has 1 aliphatic rings. The van der Waals surface area contributed by atoms with Gasteiger partial charge in [-0.2, -0.15) is 0 Å². The molecule has 1 heterocycles. The van der Waals surface area contributed by atoms with Crippen LogP contribution in [0.2, 0.25) is 0 Å². The molecular weight excluding hydrogens is 218 g/mol. The summed E-state index contributed by atoms with van der Waals surface area (Å²) >= 11 is 0. The fraction of sp³-hybridized carbons (Fsp3) is 0.889. The zero-order valence-corrected chi connectivity index (χ0v) is 9.59. The van der Waals surface area contributed by atoms with Crippen molar-refractivity contribution in [2.24, 2.45) is 0 Å². The van der Waals surface area contributed by atoms with E-state index >= 15 is 0 Å². The molecule has 72 valence electrons. The molecule has 0 radical (unpaired) electrons. The number of carbonyl (C=O) groups excluding carboxylic acids is 1. The third kappa shape index (κ3) is 3.68. The van der Waals surface area contributed by atoms with Crippen LogP contribution in [0.15, 0.2) is 0 Å². The molecule has 0 aromatic heterocycles. The Morgan fingerprint density at radius 1 is 1.50 bits per heavy atom. The van der Waals surface area contributed by atoms with Crippen molar-refractivity contribution in [3.8, 4) is 0 Å². The van der Waals surface area contributed by atoms with E-state index in [1.165, 1.54) is 19.3 Å². The van der Waals surface area contributed by atoms with E-state index in [-0.39, 0.29) is 17.0 Å². The summed E-state index contributed by atoms with van der Waals surface area (Å²) in [7, 11) is 0. The molecule has 0 aromatic rings. The van der Waals surface area contributed by atoms with Crippen LogP contribution in [0.3, 0.4) is 0 Å². The number of halogens is 1. The average Bonchev–Trinajstić information content (AvgIpc) is 1.93. The number of Topliss-reactive ketones (excluding diaryl/α,β-unsaturated/α-hetero) is 1. The molecule has 0 saturated carbocycles. The molecule has 1 aliphatic heterocycles. The first kappa shape index (κ1) is 12.1. The maximum Gasteiger partial charge on any atom is 0.143 e. The highest BCUT2D eigenvalue weighted by atomic mass is 79.9. The summed E-state index contributed by atoms with van der Waals surface area (Å²) in [5.41, 5.74) is 0. The van der Waals surface area contributed by atoms with Crippen LogP contribution in [0.5, 0.6) is 0 Å². The molecule has 0 N–H and O–H groups in total. The lowest BCUT2D eigenvalue weighted by Gasteiger charge is -2.32. The molecule has 1 saturated heterocycles. The Kier molecular flexibility index (Phi) is 5.76. The van der Waals surface area contributed by atoms with Crippen molar-refractivity contribution >= 4 is 22.8 Å². The van der Waals surface area contributed by atoms with Gasteiger partial charge in [-0.05, 0) is 33.2 Å². The first-order valence-electron chi connectivity index (χ1n) is 4.43. The number of likely N-dealkylation sites (tertiary alicyclic amines) is 1. The van der Waals surface area contributed by atoms with E-state index in [9.17, 15) is 4.79 Å². The minimum absolute atomic E-state index is 0. The van der Waals surface area contributed by atoms with E-state index in [1.807, 2.05) is 0 Å². The Balaban J connectivity index is 0.00000121. The second-order valence-corrected chi connectivity index (χ2v) is 3.52. The van der Waals surface area contributed by atoms with Crippen molar-refractivity contribution in [1.29, 1.82) is 0 Å². The van der Waals surface area contributed by atoms with Gasteiger partial charge in [0.2, 0.25) is 0 Å². The van der Waals surface area contributed by atoms with Gasteiger partial charge in [0.15, 0.2) is 0 Å². The molecule has 0 aliphatic carbocycles. The molecule has 0 aromatic carbocycles. The quantitative estimate of drug-likeness (QED) is 0.731. The second-order valence-electron chi connectivity index (χ2n) is 3.52. The lowest BCUT2D eigenvalue weighted by Crippen LogP contribution is -2.40. The SMILES string of the molecule is Br.CC(=O)CN1CCCCC1C. The molecule has 1 atom stereocenters. The highest BCUT2D eigenvalue weighted by molar-refractivity contribution is 8.93. The number of piperidine rings is 1. The standard InChI is InChI=1S/C9H17NO.BrH/c1-8-5-3-4-6-10(8)7-9(2)11;/h8H,3-7H2,1-2H3;1H. The molecule has 2 nitrogen and oxygen atoms in total. The Morgan fingerprint density at radius 3 is 2.67 bits per heavy atom. The van der Waals surface area contributed by atoms with Crippen molar-refractivity contribution < 1.29 is 4.79 Å². The van der Waals surface area contributed by atoms with Crippen molar-refractivity contribution in [1.82, 2.24) is 4.90 Å². The molecule has 0 amide bonds. The zero-order valence-electron chi connectivity index (χ0n) is 7.88. The Morgan fingerprint density at radius 2 is 2.17 bits per heavy atom. The van der Waals surface area contributed by atoms with E-state index in [4.69, 9.17) is 0 Å². The molecule has 1 fully saturated rings. The molecule has 0 spiro atoms. The fourth-order valence-corrected chi connectivity index (χ4v) is 1.68. The van der Waals surface area contributed by atoms with Crippen molar-refractivity contribution in [2.75, 3.05) is 13.1 Å². The maximum absolute atomic E-state index is 10.8. The molecule has 12 heavy (non-hydrogen) atoms. The van der Waals surface area contributed by atoms with Gasteiger partial charge in [0.25, 0.3) is 0 Å². The third-order valence-electron chi connectivity index (χ3n) is 2.37. The van der Waals surface area contributed by atoms with Gasteiger partial charge < -0.3 is 0 Å². The van der Waals surface area contributed by atoms with Gasteiger partial charge in [-0.15, -0.1) is 17.0 Å². The topological polar surface area (TPSA) is 20.3 Å². The van der Waals surface area contributed by atoms with Crippen LogP contribution in [0.4, 0.5) is 0 Å². The van der Waals surface area contributed by atoms with Gasteiger partial charge in [-0.3, -0.25) is 9.69 Å². The minimum Gasteiger partial charge on any atom is -0.299 e. The second kappa shape index (κ2) is 5.70. The summed E-state index contributed by atoms with van der Waals surface area (Å²) in [5.74, 6) is 0.291. The lowest BCUT2D eigenvalue weighted by molar-refractivity contribution is -0.118. The number of nitrogens with zero attached hydrogens (tertiary/aromatic N) is 1. The van der Waals surface area contributed by atoms with Gasteiger partial charge in [-0.1, -0.05) is 6.42 Å². The smallest absolute Gasteiger partial charge is 0.143 e. The van der Waals surface area contributed by atoms with Gasteiger partial charge in [0.05, 0.1) is 6.54 Å². The van der Waals surface area contributed by atoms with E-state index in [0.29, 0.717) is 18.4 Å². The van der Waals surface area contributed by atoms with Gasteiger partial charge in [0.1, 0.15) is 5.78 Å². The number of rotatable bonds is 2. The summed E-state index contributed by atoms with van der Waals surface area (Å²) in [4.78, 5) is 13.1. The summed E-state index contributed by atoms with van der Waals surface area (Å²) in [6, 6.07) is 0.618. The van der Waals surface area contributed by atoms with Crippen molar-refractivity contribution in [3.63, 3.8) is 0 Å². The average molecular weight is 236 g/mol. The van der Waals surface area contributed by atoms with Gasteiger partial charge in [-0.25, -0.2) is 0 Å². The number of hydrogen-bond acceptors (Lipinski definition) is 2. The highest BCUT2D eigenvalue weighted by Gasteiger charge is 2.18. The molecular formula is C9H18BrNO. The highest BCUT2D eigenvalue weighted by Crippen LogP contribution is 2.15. The zero-order chi connectivity index (χ0) is 8.27. The van der Waals surface area contributed by atoms with Crippen LogP contribution in [0.25, 0.3) is 0 Å². The number of ketones is 1.